The lowest BCUT2D eigenvalue weighted by atomic mass is 10.0. The molecule has 3 aromatic carbocycles. The van der Waals surface area contributed by atoms with E-state index in [1.54, 1.807) is 12.1 Å². The maximum atomic E-state index is 13.1. The van der Waals surface area contributed by atoms with Crippen LogP contribution in [0.2, 0.25) is 5.02 Å². The molecule has 9 heteroatoms. The normalized spacial score (nSPS) is 14.1. The van der Waals surface area contributed by atoms with Crippen molar-refractivity contribution >= 4 is 33.0 Å². The molecule has 0 aliphatic carbocycles. The van der Waals surface area contributed by atoms with Gasteiger partial charge in [0.2, 0.25) is 0 Å². The van der Waals surface area contributed by atoms with E-state index in [1.807, 2.05) is 6.07 Å². The Bertz CT molecular complexity index is 1230. The van der Waals surface area contributed by atoms with Crippen molar-refractivity contribution in [1.29, 1.82) is 0 Å². The van der Waals surface area contributed by atoms with Crippen molar-refractivity contribution in [2.24, 2.45) is 0 Å². The summed E-state index contributed by atoms with van der Waals surface area (Å²) in [7, 11) is -3.82. The highest BCUT2D eigenvalue weighted by Gasteiger charge is 2.32. The molecule has 4 rings (SSSR count). The number of hydrogen-bond acceptors (Lipinski definition) is 3. The number of nitrogens with zero attached hydrogens (tertiary/aromatic N) is 1. The molecule has 0 aromatic heterocycles. The van der Waals surface area contributed by atoms with Crippen LogP contribution in [0.15, 0.2) is 65.6 Å². The standard InChI is InChI=1S/C21H16ClF3N2O2S/c22-18-12-17(6-7-19(18)26)30(28,29)27-10-9-15-11-14(3-8-20(15)27)13-1-4-16(5-2-13)21(23,24)25/h1-8,11-12H,9-10,26H2. The minimum Gasteiger partial charge on any atom is -0.398 e. The van der Waals surface area contributed by atoms with Gasteiger partial charge in [-0.25, -0.2) is 8.42 Å². The number of sulfonamides is 1. The van der Waals surface area contributed by atoms with Gasteiger partial charge in [0.15, 0.2) is 0 Å². The average molecular weight is 453 g/mol. The topological polar surface area (TPSA) is 63.4 Å². The summed E-state index contributed by atoms with van der Waals surface area (Å²) in [5.41, 5.74) is 7.92. The fourth-order valence-corrected chi connectivity index (χ4v) is 5.22. The van der Waals surface area contributed by atoms with Crippen LogP contribution in [0.5, 0.6) is 0 Å². The largest absolute Gasteiger partial charge is 0.416 e. The number of anilines is 2. The molecule has 2 N–H and O–H groups in total. The van der Waals surface area contributed by atoms with E-state index in [1.165, 1.54) is 34.6 Å². The zero-order valence-corrected chi connectivity index (χ0v) is 17.0. The summed E-state index contributed by atoms with van der Waals surface area (Å²) in [6, 6.07) is 14.2. The van der Waals surface area contributed by atoms with Crippen LogP contribution in [0.4, 0.5) is 24.5 Å². The highest BCUT2D eigenvalue weighted by molar-refractivity contribution is 7.92. The molecule has 0 atom stereocenters. The zero-order chi connectivity index (χ0) is 21.7. The Labute approximate surface area is 176 Å². The minimum atomic E-state index is -4.39. The van der Waals surface area contributed by atoms with Gasteiger partial charge >= 0.3 is 6.18 Å². The molecule has 1 aliphatic heterocycles. The second-order valence-corrected chi connectivity index (χ2v) is 9.20. The van der Waals surface area contributed by atoms with Gasteiger partial charge in [0, 0.05) is 6.54 Å². The zero-order valence-electron chi connectivity index (χ0n) is 15.4. The van der Waals surface area contributed by atoms with Crippen LogP contribution >= 0.6 is 11.6 Å². The van der Waals surface area contributed by atoms with Crippen LogP contribution in [0.1, 0.15) is 11.1 Å². The van der Waals surface area contributed by atoms with Crippen molar-refractivity contribution in [3.05, 3.63) is 76.8 Å². The summed E-state index contributed by atoms with van der Waals surface area (Å²) < 4.78 is 65.7. The van der Waals surface area contributed by atoms with Crippen molar-refractivity contribution in [1.82, 2.24) is 0 Å². The van der Waals surface area contributed by atoms with Crippen molar-refractivity contribution in [2.45, 2.75) is 17.5 Å². The van der Waals surface area contributed by atoms with E-state index in [0.29, 0.717) is 23.4 Å². The Hall–Kier alpha value is -2.71. The summed E-state index contributed by atoms with van der Waals surface area (Å²) in [5, 5.41) is 0.160. The van der Waals surface area contributed by atoms with Gasteiger partial charge in [-0.05, 0) is 65.6 Å². The van der Waals surface area contributed by atoms with Crippen LogP contribution < -0.4 is 10.0 Å². The summed E-state index contributed by atoms with van der Waals surface area (Å²) in [6.45, 7) is 0.260. The number of halogens is 4. The Balaban J connectivity index is 1.66. The number of nitrogen functional groups attached to an aromatic ring is 1. The molecule has 1 heterocycles. The highest BCUT2D eigenvalue weighted by atomic mass is 35.5. The van der Waals surface area contributed by atoms with Gasteiger partial charge in [0.1, 0.15) is 0 Å². The van der Waals surface area contributed by atoms with E-state index in [-0.39, 0.29) is 16.5 Å². The molecule has 0 spiro atoms. The number of nitrogens with two attached hydrogens (primary N) is 1. The quantitative estimate of drug-likeness (QED) is 0.544. The third kappa shape index (κ3) is 3.61. The number of rotatable bonds is 3. The van der Waals surface area contributed by atoms with Crippen molar-refractivity contribution in [3.63, 3.8) is 0 Å². The second kappa shape index (κ2) is 7.21. The number of fused-ring (bicyclic) bond motifs is 1. The second-order valence-electron chi connectivity index (χ2n) is 6.93. The molecule has 0 fully saturated rings. The smallest absolute Gasteiger partial charge is 0.398 e. The maximum absolute atomic E-state index is 13.1. The SMILES string of the molecule is Nc1ccc(S(=O)(=O)N2CCc3cc(-c4ccc(C(F)(F)F)cc4)ccc32)cc1Cl. The summed E-state index contributed by atoms with van der Waals surface area (Å²) in [5.74, 6) is 0. The van der Waals surface area contributed by atoms with Crippen LogP contribution in [0, 0.1) is 0 Å². The summed E-state index contributed by atoms with van der Waals surface area (Å²) in [6.07, 6.45) is -3.90. The average Bonchev–Trinajstić information content (AvgIpc) is 3.13. The minimum absolute atomic E-state index is 0.0429. The molecule has 156 valence electrons. The fourth-order valence-electron chi connectivity index (χ4n) is 3.45. The number of benzene rings is 3. The highest BCUT2D eigenvalue weighted by Crippen LogP contribution is 2.37. The van der Waals surface area contributed by atoms with E-state index in [2.05, 4.69) is 0 Å². The molecule has 30 heavy (non-hydrogen) atoms. The molecule has 3 aromatic rings. The molecular formula is C21H16ClF3N2O2S. The predicted octanol–water partition coefficient (Wildman–Crippen LogP) is 5.36. The third-order valence-electron chi connectivity index (χ3n) is 5.04. The van der Waals surface area contributed by atoms with Crippen LogP contribution in [0.25, 0.3) is 11.1 Å². The van der Waals surface area contributed by atoms with Crippen LogP contribution in [-0.4, -0.2) is 15.0 Å². The molecule has 0 bridgehead atoms. The molecule has 0 saturated heterocycles. The van der Waals surface area contributed by atoms with Crippen LogP contribution in [0.3, 0.4) is 0 Å². The Morgan fingerprint density at radius 1 is 0.933 bits per heavy atom. The van der Waals surface area contributed by atoms with Gasteiger partial charge in [0.05, 0.1) is 26.9 Å². The van der Waals surface area contributed by atoms with Crippen molar-refractivity contribution in [3.8, 4) is 11.1 Å². The maximum Gasteiger partial charge on any atom is 0.416 e. The number of alkyl halides is 3. The van der Waals surface area contributed by atoms with Crippen molar-refractivity contribution < 1.29 is 21.6 Å². The Morgan fingerprint density at radius 3 is 2.23 bits per heavy atom. The van der Waals surface area contributed by atoms with Gasteiger partial charge < -0.3 is 5.73 Å². The van der Waals surface area contributed by atoms with Gasteiger partial charge in [-0.15, -0.1) is 0 Å². The van der Waals surface area contributed by atoms with E-state index in [9.17, 15) is 21.6 Å². The van der Waals surface area contributed by atoms with E-state index in [0.717, 1.165) is 23.3 Å². The Morgan fingerprint density at radius 2 is 1.60 bits per heavy atom. The predicted molar refractivity (Wildman–Crippen MR) is 111 cm³/mol. The molecule has 0 saturated carbocycles. The summed E-state index contributed by atoms with van der Waals surface area (Å²) >= 11 is 5.98. The molecular weight excluding hydrogens is 437 g/mol. The Kier molecular flexibility index (Phi) is 4.94. The van der Waals surface area contributed by atoms with Gasteiger partial charge in [-0.1, -0.05) is 29.8 Å². The molecule has 0 unspecified atom stereocenters. The molecule has 0 radical (unpaired) electrons. The van der Waals surface area contributed by atoms with E-state index in [4.69, 9.17) is 17.3 Å². The van der Waals surface area contributed by atoms with Gasteiger partial charge in [0.25, 0.3) is 10.0 Å². The summed E-state index contributed by atoms with van der Waals surface area (Å²) in [4.78, 5) is 0.0429. The van der Waals surface area contributed by atoms with Crippen molar-refractivity contribution in [2.75, 3.05) is 16.6 Å². The lowest BCUT2D eigenvalue weighted by Gasteiger charge is -2.20. The van der Waals surface area contributed by atoms with Gasteiger partial charge in [-0.3, -0.25) is 4.31 Å². The molecule has 0 amide bonds. The first-order valence-electron chi connectivity index (χ1n) is 8.96. The first-order chi connectivity index (χ1) is 14.1. The lowest BCUT2D eigenvalue weighted by Crippen LogP contribution is -2.29. The number of hydrogen-bond donors (Lipinski definition) is 1. The third-order valence-corrected chi connectivity index (χ3v) is 7.17. The molecule has 1 aliphatic rings. The van der Waals surface area contributed by atoms with Gasteiger partial charge in [-0.2, -0.15) is 13.2 Å². The monoisotopic (exact) mass is 452 g/mol. The first-order valence-corrected chi connectivity index (χ1v) is 10.8. The van der Waals surface area contributed by atoms with E-state index >= 15 is 0 Å². The van der Waals surface area contributed by atoms with Crippen LogP contribution in [-0.2, 0) is 22.6 Å². The lowest BCUT2D eigenvalue weighted by molar-refractivity contribution is -0.137. The molecule has 4 nitrogen and oxygen atoms in total. The first kappa shape index (κ1) is 20.6. The fraction of sp³-hybridized carbons (Fsp3) is 0.143. The van der Waals surface area contributed by atoms with E-state index < -0.39 is 21.8 Å².